The minimum Gasteiger partial charge on any atom is -0.192 e. The maximum atomic E-state index is 8.59. The summed E-state index contributed by atoms with van der Waals surface area (Å²) in [5.74, 6) is 0. The van der Waals surface area contributed by atoms with Crippen molar-refractivity contribution in [2.75, 3.05) is 0 Å². The molecule has 0 spiro atoms. The Morgan fingerprint density at radius 3 is 2.90 bits per heavy atom. The quantitative estimate of drug-likeness (QED) is 0.638. The molecule has 1 aromatic heterocycles. The summed E-state index contributed by atoms with van der Waals surface area (Å²) in [4.78, 5) is 1.08. The summed E-state index contributed by atoms with van der Waals surface area (Å²) >= 11 is 7.26. The molecule has 0 atom stereocenters. The summed E-state index contributed by atoms with van der Waals surface area (Å²) in [6, 6.07) is 2.07. The van der Waals surface area contributed by atoms with E-state index in [2.05, 4.69) is 6.07 Å². The lowest BCUT2D eigenvalue weighted by Gasteiger charge is -1.87. The molecule has 0 N–H and O–H groups in total. The van der Waals surface area contributed by atoms with Gasteiger partial charge in [-0.15, -0.1) is 11.3 Å². The van der Waals surface area contributed by atoms with E-state index >= 15 is 0 Å². The molecular formula is C7H6ClNS. The van der Waals surface area contributed by atoms with Gasteiger partial charge in [-0.05, 0) is 6.42 Å². The minimum absolute atomic E-state index is 0.587. The van der Waals surface area contributed by atoms with Crippen LogP contribution in [0.4, 0.5) is 0 Å². The van der Waals surface area contributed by atoms with Crippen molar-refractivity contribution < 1.29 is 0 Å². The molecule has 0 unspecified atom stereocenters. The smallest absolute Gasteiger partial charge is 0.102 e. The summed E-state index contributed by atoms with van der Waals surface area (Å²) in [6.45, 7) is 2.02. The Bertz CT molecular complexity index is 272. The standard InChI is InChI=1S/C7H6ClNS/c1-2-7-5(3-9)6(8)4-10-7/h4H,2H2,1H3. The lowest BCUT2D eigenvalue weighted by atomic mass is 10.2. The van der Waals surface area contributed by atoms with E-state index in [9.17, 15) is 0 Å². The fraction of sp³-hybridized carbons (Fsp3) is 0.286. The van der Waals surface area contributed by atoms with Crippen LogP contribution in [0.5, 0.6) is 0 Å². The van der Waals surface area contributed by atoms with Gasteiger partial charge in [0.1, 0.15) is 6.07 Å². The van der Waals surface area contributed by atoms with E-state index in [1.807, 2.05) is 6.92 Å². The highest BCUT2D eigenvalue weighted by Crippen LogP contribution is 2.26. The van der Waals surface area contributed by atoms with Crippen LogP contribution in [0.25, 0.3) is 0 Å². The van der Waals surface area contributed by atoms with Crippen molar-refractivity contribution in [3.05, 3.63) is 20.8 Å². The van der Waals surface area contributed by atoms with Gasteiger partial charge < -0.3 is 0 Å². The number of aryl methyl sites for hydroxylation is 1. The molecule has 0 fully saturated rings. The first-order valence-corrected chi connectivity index (χ1v) is 4.21. The van der Waals surface area contributed by atoms with Crippen LogP contribution in [0.3, 0.4) is 0 Å². The summed E-state index contributed by atoms with van der Waals surface area (Å²) in [7, 11) is 0. The molecule has 0 saturated carbocycles. The Hall–Kier alpha value is -0.520. The Morgan fingerprint density at radius 2 is 2.50 bits per heavy atom. The van der Waals surface area contributed by atoms with Gasteiger partial charge in [0.2, 0.25) is 0 Å². The minimum atomic E-state index is 0.587. The molecule has 0 saturated heterocycles. The van der Waals surface area contributed by atoms with E-state index in [1.165, 1.54) is 0 Å². The van der Waals surface area contributed by atoms with E-state index < -0.39 is 0 Å². The third-order valence-electron chi connectivity index (χ3n) is 1.26. The monoisotopic (exact) mass is 171 g/mol. The molecule has 1 rings (SSSR count). The molecule has 0 bridgehead atoms. The second-order valence-electron chi connectivity index (χ2n) is 1.85. The van der Waals surface area contributed by atoms with Crippen molar-refractivity contribution in [3.63, 3.8) is 0 Å². The van der Waals surface area contributed by atoms with E-state index in [-0.39, 0.29) is 0 Å². The molecule has 10 heavy (non-hydrogen) atoms. The zero-order valence-corrected chi connectivity index (χ0v) is 7.09. The largest absolute Gasteiger partial charge is 0.192 e. The number of hydrogen-bond acceptors (Lipinski definition) is 2. The maximum absolute atomic E-state index is 8.59. The topological polar surface area (TPSA) is 23.8 Å². The van der Waals surface area contributed by atoms with Crippen LogP contribution >= 0.6 is 22.9 Å². The first kappa shape index (κ1) is 7.59. The van der Waals surface area contributed by atoms with Crippen LogP contribution in [0.1, 0.15) is 17.4 Å². The molecule has 52 valence electrons. The zero-order valence-electron chi connectivity index (χ0n) is 5.52. The van der Waals surface area contributed by atoms with Gasteiger partial charge in [-0.25, -0.2) is 0 Å². The number of nitriles is 1. The van der Waals surface area contributed by atoms with E-state index in [1.54, 1.807) is 16.7 Å². The van der Waals surface area contributed by atoms with Crippen LogP contribution in [0.15, 0.2) is 5.38 Å². The van der Waals surface area contributed by atoms with Crippen molar-refractivity contribution >= 4 is 22.9 Å². The Balaban J connectivity index is 3.17. The second kappa shape index (κ2) is 3.05. The number of nitrogens with zero attached hydrogens (tertiary/aromatic N) is 1. The van der Waals surface area contributed by atoms with Gasteiger partial charge in [0.05, 0.1) is 10.6 Å². The summed E-state index contributed by atoms with van der Waals surface area (Å²) in [5.41, 5.74) is 0.647. The molecule has 0 aliphatic heterocycles. The van der Waals surface area contributed by atoms with Gasteiger partial charge in [-0.2, -0.15) is 5.26 Å². The predicted molar refractivity (Wildman–Crippen MR) is 43.4 cm³/mol. The highest BCUT2D eigenvalue weighted by atomic mass is 35.5. The molecular weight excluding hydrogens is 166 g/mol. The molecule has 3 heteroatoms. The number of halogens is 1. The van der Waals surface area contributed by atoms with Crippen molar-refractivity contribution in [2.24, 2.45) is 0 Å². The summed E-state index contributed by atoms with van der Waals surface area (Å²) in [6.07, 6.45) is 0.889. The molecule has 1 nitrogen and oxygen atoms in total. The van der Waals surface area contributed by atoms with Crippen molar-refractivity contribution in [1.29, 1.82) is 5.26 Å². The predicted octanol–water partition coefficient (Wildman–Crippen LogP) is 2.84. The van der Waals surface area contributed by atoms with E-state index in [0.717, 1.165) is 11.3 Å². The number of hydrogen-bond donors (Lipinski definition) is 0. The fourth-order valence-electron chi connectivity index (χ4n) is 0.750. The molecule has 1 aromatic rings. The highest BCUT2D eigenvalue weighted by molar-refractivity contribution is 7.10. The highest BCUT2D eigenvalue weighted by Gasteiger charge is 2.06. The second-order valence-corrected chi connectivity index (χ2v) is 3.22. The lowest BCUT2D eigenvalue weighted by molar-refractivity contribution is 1.18. The summed E-state index contributed by atoms with van der Waals surface area (Å²) in [5, 5.41) is 11.0. The van der Waals surface area contributed by atoms with Crippen molar-refractivity contribution in [3.8, 4) is 6.07 Å². The van der Waals surface area contributed by atoms with Gasteiger partial charge in [0.15, 0.2) is 0 Å². The average Bonchev–Trinajstić information content (AvgIpc) is 2.30. The molecule has 0 amide bonds. The van der Waals surface area contributed by atoms with Gasteiger partial charge in [-0.3, -0.25) is 0 Å². The van der Waals surface area contributed by atoms with Crippen LogP contribution in [0, 0.1) is 11.3 Å². The molecule has 1 heterocycles. The fourth-order valence-corrected chi connectivity index (χ4v) is 1.90. The number of rotatable bonds is 1. The van der Waals surface area contributed by atoms with Gasteiger partial charge >= 0.3 is 0 Å². The SMILES string of the molecule is CCc1scc(Cl)c1C#N. The molecule has 0 aliphatic rings. The Labute approximate surface area is 68.9 Å². The lowest BCUT2D eigenvalue weighted by Crippen LogP contribution is -1.77. The Morgan fingerprint density at radius 1 is 1.80 bits per heavy atom. The maximum Gasteiger partial charge on any atom is 0.102 e. The van der Waals surface area contributed by atoms with Crippen LogP contribution in [-0.4, -0.2) is 0 Å². The summed E-state index contributed by atoms with van der Waals surface area (Å²) < 4.78 is 0. The number of thiophene rings is 1. The average molecular weight is 172 g/mol. The van der Waals surface area contributed by atoms with Crippen LogP contribution in [-0.2, 0) is 6.42 Å². The van der Waals surface area contributed by atoms with Crippen LogP contribution < -0.4 is 0 Å². The van der Waals surface area contributed by atoms with E-state index in [4.69, 9.17) is 16.9 Å². The normalized spacial score (nSPS) is 9.30. The first-order chi connectivity index (χ1) is 4.79. The van der Waals surface area contributed by atoms with Crippen LogP contribution in [0.2, 0.25) is 5.02 Å². The first-order valence-electron chi connectivity index (χ1n) is 2.95. The van der Waals surface area contributed by atoms with E-state index in [0.29, 0.717) is 10.6 Å². The van der Waals surface area contributed by atoms with Crippen molar-refractivity contribution in [1.82, 2.24) is 0 Å². The molecule has 0 aliphatic carbocycles. The third kappa shape index (κ3) is 1.16. The molecule has 0 radical (unpaired) electrons. The third-order valence-corrected chi connectivity index (χ3v) is 2.81. The van der Waals surface area contributed by atoms with Gasteiger partial charge in [0.25, 0.3) is 0 Å². The van der Waals surface area contributed by atoms with Gasteiger partial charge in [0, 0.05) is 10.3 Å². The Kier molecular flexibility index (Phi) is 2.31. The van der Waals surface area contributed by atoms with Crippen molar-refractivity contribution in [2.45, 2.75) is 13.3 Å². The zero-order chi connectivity index (χ0) is 7.56. The molecule has 0 aromatic carbocycles. The van der Waals surface area contributed by atoms with Gasteiger partial charge in [-0.1, -0.05) is 18.5 Å².